The molecule has 1 N–H and O–H groups in total. The Morgan fingerprint density at radius 3 is 2.38 bits per heavy atom. The fourth-order valence-corrected chi connectivity index (χ4v) is 4.59. The lowest BCUT2D eigenvalue weighted by atomic mass is 9.88. The first-order valence-corrected chi connectivity index (χ1v) is 8.72. The molecule has 5 heteroatoms. The van der Waals surface area contributed by atoms with Crippen molar-refractivity contribution in [3.8, 4) is 0 Å². The first-order chi connectivity index (χ1) is 11.0. The molecule has 2 unspecified atom stereocenters. The van der Waals surface area contributed by atoms with Crippen molar-refractivity contribution < 1.29 is 36.1 Å². The van der Waals surface area contributed by atoms with Gasteiger partial charge in [0.1, 0.15) is 0 Å². The van der Waals surface area contributed by atoms with Gasteiger partial charge in [-0.3, -0.25) is 9.28 Å². The minimum Gasteiger partial charge on any atom is -1.00 e. The number of aliphatic hydroxyl groups excluding tert-OH is 1. The normalized spacial score (nSPS) is 29.2. The van der Waals surface area contributed by atoms with E-state index in [1.165, 1.54) is 0 Å². The van der Waals surface area contributed by atoms with Crippen molar-refractivity contribution in [3.63, 3.8) is 0 Å². The van der Waals surface area contributed by atoms with Gasteiger partial charge in [0.05, 0.1) is 33.0 Å². The monoisotopic (exact) mass is 397 g/mol. The molecule has 1 aromatic rings. The Morgan fingerprint density at radius 2 is 1.83 bits per heavy atom. The first kappa shape index (κ1) is 19.4. The molecule has 0 amide bonds. The Bertz CT molecular complexity index is 557. The minimum atomic E-state index is -0.775. The molecule has 1 aliphatic heterocycles. The number of halogens is 1. The molecule has 2 aliphatic rings. The molecule has 1 heterocycles. The zero-order valence-electron chi connectivity index (χ0n) is 14.6. The van der Waals surface area contributed by atoms with Crippen molar-refractivity contribution in [1.82, 2.24) is 0 Å². The molecular formula is C19H28BrNO3. The highest BCUT2D eigenvalue weighted by Crippen LogP contribution is 2.47. The van der Waals surface area contributed by atoms with Crippen LogP contribution in [0.5, 0.6) is 0 Å². The van der Waals surface area contributed by atoms with Gasteiger partial charge in [0.15, 0.2) is 6.10 Å². The van der Waals surface area contributed by atoms with E-state index in [4.69, 9.17) is 4.74 Å². The molecule has 0 spiro atoms. The summed E-state index contributed by atoms with van der Waals surface area (Å²) in [6.07, 6.45) is 4.80. The Kier molecular flexibility index (Phi) is 6.10. The molecule has 0 aromatic heterocycles. The quantitative estimate of drug-likeness (QED) is 0.550. The number of hydrogen-bond donors (Lipinski definition) is 1. The summed E-state index contributed by atoms with van der Waals surface area (Å²) in [5, 5.41) is 10.8. The van der Waals surface area contributed by atoms with Crippen LogP contribution in [0.15, 0.2) is 30.3 Å². The van der Waals surface area contributed by atoms with Crippen molar-refractivity contribution in [1.29, 1.82) is 0 Å². The van der Waals surface area contributed by atoms with E-state index in [0.29, 0.717) is 10.9 Å². The van der Waals surface area contributed by atoms with E-state index in [1.54, 1.807) is 0 Å². The van der Waals surface area contributed by atoms with Gasteiger partial charge >= 0.3 is 5.97 Å². The lowest BCUT2D eigenvalue weighted by Crippen LogP contribution is -3.00. The molecule has 1 aliphatic carbocycles. The van der Waals surface area contributed by atoms with Crippen molar-refractivity contribution >= 4 is 5.97 Å². The summed E-state index contributed by atoms with van der Waals surface area (Å²) in [6.45, 7) is 0.844. The molecule has 1 saturated carbocycles. The third-order valence-electron chi connectivity index (χ3n) is 5.79. The number of hydrogen-bond acceptors (Lipinski definition) is 3. The van der Waals surface area contributed by atoms with Crippen LogP contribution in [0.3, 0.4) is 0 Å². The third kappa shape index (κ3) is 3.39. The predicted molar refractivity (Wildman–Crippen MR) is 88.5 cm³/mol. The zero-order chi connectivity index (χ0) is 16.5. The van der Waals surface area contributed by atoms with Gasteiger partial charge in [-0.1, -0.05) is 43.2 Å². The highest BCUT2D eigenvalue weighted by atomic mass is 79.9. The lowest BCUT2D eigenvalue weighted by Gasteiger charge is -2.46. The fraction of sp³-hybridized carbons (Fsp3) is 0.632. The number of likely N-dealkylation sites (tertiary alicyclic amines) is 1. The molecule has 4 nitrogen and oxygen atoms in total. The maximum atomic E-state index is 12.6. The van der Waals surface area contributed by atoms with Gasteiger partial charge < -0.3 is 26.8 Å². The maximum absolute atomic E-state index is 12.6. The summed E-state index contributed by atoms with van der Waals surface area (Å²) in [5.74, 6) is 0.0324. The Hall–Kier alpha value is -0.910. The number of benzene rings is 1. The highest BCUT2D eigenvalue weighted by Gasteiger charge is 2.64. The van der Waals surface area contributed by atoms with E-state index in [2.05, 4.69) is 14.1 Å². The summed E-state index contributed by atoms with van der Waals surface area (Å²) in [7, 11) is 4.18. The number of aliphatic hydroxyl groups is 1. The number of rotatable bonds is 4. The van der Waals surface area contributed by atoms with E-state index in [1.807, 2.05) is 30.3 Å². The molecule has 0 radical (unpaired) electrons. The molecule has 2 fully saturated rings. The van der Waals surface area contributed by atoms with Gasteiger partial charge in [0.2, 0.25) is 0 Å². The third-order valence-corrected chi connectivity index (χ3v) is 5.79. The summed E-state index contributed by atoms with van der Waals surface area (Å²) in [6, 6.07) is 9.68. The van der Waals surface area contributed by atoms with Crippen molar-refractivity contribution in [2.45, 2.75) is 50.4 Å². The lowest BCUT2D eigenvalue weighted by molar-refractivity contribution is -0.958. The van der Waals surface area contributed by atoms with Crippen LogP contribution in [0.4, 0.5) is 0 Å². The number of carbonyl (C=O) groups excluding carboxylic acids is 1. The van der Waals surface area contributed by atoms with Crippen LogP contribution >= 0.6 is 0 Å². The Labute approximate surface area is 155 Å². The molecule has 3 rings (SSSR count). The Balaban J connectivity index is 0.00000208. The summed E-state index contributed by atoms with van der Waals surface area (Å²) < 4.78 is 6.67. The standard InChI is InChI=1S/C19H28NO3.BrH/c1-20(2)13-12-17(21)19(20,16-10-6-7-11-16)23-18(22)14-15-8-4-3-5-9-15;/h3-5,8-9,16-17,21H,6-7,10-14H2,1-2H3;1H/q+1;/p-1. The average Bonchev–Trinajstić information content (AvgIpc) is 3.11. The van der Waals surface area contributed by atoms with E-state index >= 15 is 0 Å². The maximum Gasteiger partial charge on any atom is 0.315 e. The number of carbonyl (C=O) groups is 1. The van der Waals surface area contributed by atoms with Gasteiger partial charge in [-0.25, -0.2) is 0 Å². The molecule has 24 heavy (non-hydrogen) atoms. The molecule has 134 valence electrons. The van der Waals surface area contributed by atoms with Gasteiger partial charge in [-0.15, -0.1) is 0 Å². The average molecular weight is 398 g/mol. The second-order valence-corrected chi connectivity index (χ2v) is 7.58. The smallest absolute Gasteiger partial charge is 0.315 e. The number of ether oxygens (including phenoxy) is 1. The van der Waals surface area contributed by atoms with E-state index in [0.717, 1.165) is 37.8 Å². The second kappa shape index (κ2) is 7.54. The topological polar surface area (TPSA) is 46.5 Å². The van der Waals surface area contributed by atoms with Crippen molar-refractivity contribution in [2.75, 3.05) is 20.6 Å². The SMILES string of the molecule is C[N+]1(C)CCC(O)C1(OC(=O)Cc1ccccc1)C1CCCC1.[Br-]. The first-order valence-electron chi connectivity index (χ1n) is 8.72. The van der Waals surface area contributed by atoms with E-state index in [9.17, 15) is 9.90 Å². The molecule has 1 aromatic carbocycles. The molecular weight excluding hydrogens is 370 g/mol. The highest BCUT2D eigenvalue weighted by molar-refractivity contribution is 5.73. The van der Waals surface area contributed by atoms with Crippen LogP contribution in [0.1, 0.15) is 37.7 Å². The molecule has 2 atom stereocenters. The van der Waals surface area contributed by atoms with Gasteiger partial charge in [0.25, 0.3) is 5.72 Å². The van der Waals surface area contributed by atoms with Gasteiger partial charge in [-0.05, 0) is 18.4 Å². The number of nitrogens with zero attached hydrogens (tertiary/aromatic N) is 1. The fourth-order valence-electron chi connectivity index (χ4n) is 4.59. The van der Waals surface area contributed by atoms with Crippen LogP contribution in [-0.2, 0) is 16.0 Å². The van der Waals surface area contributed by atoms with Crippen molar-refractivity contribution in [3.05, 3.63) is 35.9 Å². The second-order valence-electron chi connectivity index (χ2n) is 7.58. The summed E-state index contributed by atoms with van der Waals surface area (Å²) in [4.78, 5) is 12.6. The number of likely N-dealkylation sites (N-methyl/N-ethyl adjacent to an activating group) is 1. The van der Waals surface area contributed by atoms with E-state index < -0.39 is 11.8 Å². The summed E-state index contributed by atoms with van der Waals surface area (Å²) >= 11 is 0. The van der Waals surface area contributed by atoms with E-state index in [-0.39, 0.29) is 35.3 Å². The van der Waals surface area contributed by atoms with Crippen LogP contribution in [0, 0.1) is 5.92 Å². The number of esters is 1. The molecule has 0 bridgehead atoms. The van der Waals surface area contributed by atoms with Crippen LogP contribution in [-0.4, -0.2) is 48.0 Å². The van der Waals surface area contributed by atoms with Gasteiger partial charge in [-0.2, -0.15) is 0 Å². The van der Waals surface area contributed by atoms with Crippen molar-refractivity contribution in [2.24, 2.45) is 5.92 Å². The molecule has 1 saturated heterocycles. The van der Waals surface area contributed by atoms with Gasteiger partial charge in [0, 0.05) is 6.42 Å². The van der Waals surface area contributed by atoms with Crippen LogP contribution < -0.4 is 17.0 Å². The summed E-state index contributed by atoms with van der Waals surface area (Å²) in [5.41, 5.74) is 0.180. The van der Waals surface area contributed by atoms with Crippen LogP contribution in [0.25, 0.3) is 0 Å². The Morgan fingerprint density at radius 1 is 1.21 bits per heavy atom. The van der Waals surface area contributed by atoms with Crippen LogP contribution in [0.2, 0.25) is 0 Å². The zero-order valence-corrected chi connectivity index (χ0v) is 16.2. The number of quaternary nitrogens is 1. The predicted octanol–water partition coefficient (Wildman–Crippen LogP) is -0.496. The minimum absolute atomic E-state index is 0. The largest absolute Gasteiger partial charge is 1.00 e.